The fraction of sp³-hybridized carbons (Fsp3) is 0.721. The zero-order valence-electron chi connectivity index (χ0n) is 34.4. The van der Waals surface area contributed by atoms with Gasteiger partial charge < -0.3 is 35.4 Å². The molecule has 5 unspecified atom stereocenters. The quantitative estimate of drug-likeness (QED) is 0.0173. The smallest absolute Gasteiger partial charge is 0.462 e. The second-order valence-electron chi connectivity index (χ2n) is 14.1. The predicted octanol–water partition coefficient (Wildman–Crippen LogP) is 8.63. The van der Waals surface area contributed by atoms with Crippen molar-refractivity contribution in [1.29, 1.82) is 0 Å². The lowest BCUT2D eigenvalue weighted by Gasteiger charge is -2.20. The summed E-state index contributed by atoms with van der Waals surface area (Å²) in [5.41, 5.74) is 5.32. The Hall–Kier alpha value is -2.41. The molecular weight excluding hydrogens is 737 g/mol. The first-order valence-electron chi connectivity index (χ1n) is 21.1. The van der Waals surface area contributed by atoms with E-state index in [9.17, 15) is 34.4 Å². The molecule has 0 spiro atoms. The molecular formula is C43H76NO11P. The second kappa shape index (κ2) is 38.1. The van der Waals surface area contributed by atoms with Crippen LogP contribution in [-0.4, -0.2) is 82.9 Å². The van der Waals surface area contributed by atoms with Gasteiger partial charge in [-0.25, -0.2) is 4.57 Å². The molecule has 0 aromatic carbocycles. The first-order valence-corrected chi connectivity index (χ1v) is 22.6. The Kier molecular flexibility index (Phi) is 36.5. The number of aliphatic hydroxyl groups is 3. The van der Waals surface area contributed by atoms with Crippen molar-refractivity contribution in [1.82, 2.24) is 0 Å². The van der Waals surface area contributed by atoms with Crippen molar-refractivity contribution in [3.8, 4) is 0 Å². The number of hydrogen-bond donors (Lipinski definition) is 5. The molecule has 56 heavy (non-hydrogen) atoms. The number of allylic oxidation sites excluding steroid dienone is 6. The summed E-state index contributed by atoms with van der Waals surface area (Å²) in [6, 6.07) is 0. The highest BCUT2D eigenvalue weighted by atomic mass is 31.2. The van der Waals surface area contributed by atoms with E-state index in [2.05, 4.69) is 6.92 Å². The van der Waals surface area contributed by atoms with Crippen molar-refractivity contribution >= 4 is 19.8 Å². The average Bonchev–Trinajstić information content (AvgIpc) is 3.17. The minimum atomic E-state index is -4.46. The molecule has 0 saturated carbocycles. The summed E-state index contributed by atoms with van der Waals surface area (Å²) in [4.78, 5) is 34.8. The molecule has 0 rings (SSSR count). The third-order valence-corrected chi connectivity index (χ3v) is 9.75. The van der Waals surface area contributed by atoms with E-state index in [0.29, 0.717) is 25.7 Å². The van der Waals surface area contributed by atoms with Crippen LogP contribution in [0.3, 0.4) is 0 Å². The monoisotopic (exact) mass is 814 g/mol. The van der Waals surface area contributed by atoms with Crippen LogP contribution in [0.4, 0.5) is 0 Å². The molecule has 0 radical (unpaired) electrons. The molecule has 5 atom stereocenters. The van der Waals surface area contributed by atoms with Crippen molar-refractivity contribution in [2.24, 2.45) is 5.73 Å². The molecule has 0 heterocycles. The molecule has 324 valence electrons. The van der Waals surface area contributed by atoms with Crippen molar-refractivity contribution in [2.75, 3.05) is 26.4 Å². The number of nitrogens with two attached hydrogens (primary N) is 1. The lowest BCUT2D eigenvalue weighted by atomic mass is 10.0. The molecule has 6 N–H and O–H groups in total. The Balaban J connectivity index is 4.47. The van der Waals surface area contributed by atoms with Crippen LogP contribution in [-0.2, 0) is 32.7 Å². The summed E-state index contributed by atoms with van der Waals surface area (Å²) >= 11 is 0. The van der Waals surface area contributed by atoms with E-state index in [4.69, 9.17) is 24.3 Å². The number of ether oxygens (including phenoxy) is 2. The second-order valence-corrected chi connectivity index (χ2v) is 15.5. The molecule has 0 bridgehead atoms. The zero-order chi connectivity index (χ0) is 41.5. The van der Waals surface area contributed by atoms with E-state index in [1.165, 1.54) is 70.6 Å². The summed E-state index contributed by atoms with van der Waals surface area (Å²) in [6.07, 6.45) is 34.0. The largest absolute Gasteiger partial charge is 0.472 e. The molecule has 0 aliphatic carbocycles. The minimum absolute atomic E-state index is 0.00542. The van der Waals surface area contributed by atoms with E-state index >= 15 is 0 Å². The third-order valence-electron chi connectivity index (χ3n) is 8.77. The normalized spacial score (nSPS) is 15.6. The van der Waals surface area contributed by atoms with Crippen LogP contribution in [0.1, 0.15) is 149 Å². The van der Waals surface area contributed by atoms with Gasteiger partial charge in [-0.15, -0.1) is 0 Å². The van der Waals surface area contributed by atoms with Gasteiger partial charge in [0, 0.05) is 19.4 Å². The van der Waals surface area contributed by atoms with Gasteiger partial charge in [0.25, 0.3) is 0 Å². The van der Waals surface area contributed by atoms with Crippen LogP contribution in [0.5, 0.6) is 0 Å². The molecule has 12 nitrogen and oxygen atoms in total. The van der Waals surface area contributed by atoms with Gasteiger partial charge in [0.2, 0.25) is 0 Å². The predicted molar refractivity (Wildman–Crippen MR) is 224 cm³/mol. The zero-order valence-corrected chi connectivity index (χ0v) is 35.3. The van der Waals surface area contributed by atoms with Gasteiger partial charge in [0.1, 0.15) is 6.61 Å². The molecule has 0 saturated heterocycles. The number of hydrogen-bond acceptors (Lipinski definition) is 11. The Morgan fingerprint density at radius 1 is 0.625 bits per heavy atom. The highest BCUT2D eigenvalue weighted by Crippen LogP contribution is 2.43. The van der Waals surface area contributed by atoms with E-state index < -0.39 is 50.8 Å². The summed E-state index contributed by atoms with van der Waals surface area (Å²) < 4.78 is 32.5. The van der Waals surface area contributed by atoms with Crippen LogP contribution < -0.4 is 5.73 Å². The van der Waals surface area contributed by atoms with E-state index in [1.807, 2.05) is 13.0 Å². The van der Waals surface area contributed by atoms with Gasteiger partial charge in [-0.2, -0.15) is 0 Å². The van der Waals surface area contributed by atoms with Gasteiger partial charge in [-0.05, 0) is 32.1 Å². The van der Waals surface area contributed by atoms with Crippen LogP contribution in [0, 0.1) is 0 Å². The van der Waals surface area contributed by atoms with Crippen molar-refractivity contribution < 1.29 is 52.9 Å². The van der Waals surface area contributed by atoms with Gasteiger partial charge in [-0.1, -0.05) is 164 Å². The highest BCUT2D eigenvalue weighted by molar-refractivity contribution is 7.47. The summed E-state index contributed by atoms with van der Waals surface area (Å²) in [7, 11) is -4.46. The Bertz CT molecular complexity index is 1160. The molecule has 0 aliphatic heterocycles. The topological polar surface area (TPSA) is 195 Å². The molecule has 0 aromatic heterocycles. The standard InChI is InChI=1S/C43H76NO11P/c1-3-5-6-7-8-9-10-11-12-13-14-15-16-17-25-32-42(48)52-36-41(37-54-56(50,51)53-35-34-44)55-43(49)33-26-31-40(47)29-22-19-18-21-28-39(46)30-24-20-23-27-38(45)4-2/h18-24,27-29,38-41,45-47H,3-17,25-26,30-37,44H2,1-2H3,(H,50,51)/b19-18-,24-20-,27-23+,28-21+,29-22+. The van der Waals surface area contributed by atoms with Crippen LogP contribution >= 0.6 is 7.82 Å². The number of carbonyl (C=O) groups is 2. The van der Waals surface area contributed by atoms with Crippen molar-refractivity contribution in [3.05, 3.63) is 60.8 Å². The van der Waals surface area contributed by atoms with Gasteiger partial charge >= 0.3 is 19.8 Å². The van der Waals surface area contributed by atoms with Crippen LogP contribution in [0.25, 0.3) is 0 Å². The van der Waals surface area contributed by atoms with E-state index in [0.717, 1.165) is 19.3 Å². The summed E-state index contributed by atoms with van der Waals surface area (Å²) in [5.74, 6) is -1.09. The molecule has 0 aliphatic rings. The summed E-state index contributed by atoms with van der Waals surface area (Å²) in [6.45, 7) is 3.06. The van der Waals surface area contributed by atoms with Gasteiger partial charge in [-0.3, -0.25) is 18.6 Å². The van der Waals surface area contributed by atoms with Crippen LogP contribution in [0.2, 0.25) is 0 Å². The Morgan fingerprint density at radius 3 is 1.71 bits per heavy atom. The molecule has 0 amide bonds. The number of phosphoric ester groups is 1. The fourth-order valence-corrected chi connectivity index (χ4v) is 6.18. The number of unbranched alkanes of at least 4 members (excludes halogenated alkanes) is 14. The lowest BCUT2D eigenvalue weighted by Crippen LogP contribution is -2.29. The van der Waals surface area contributed by atoms with E-state index in [1.54, 1.807) is 54.7 Å². The molecule has 0 fully saturated rings. The maximum absolute atomic E-state index is 12.6. The van der Waals surface area contributed by atoms with E-state index in [-0.39, 0.29) is 39.0 Å². The minimum Gasteiger partial charge on any atom is -0.462 e. The summed E-state index contributed by atoms with van der Waals surface area (Å²) in [5, 5.41) is 29.7. The maximum atomic E-state index is 12.6. The number of aliphatic hydroxyl groups excluding tert-OH is 3. The maximum Gasteiger partial charge on any atom is 0.472 e. The fourth-order valence-electron chi connectivity index (χ4n) is 5.41. The average molecular weight is 814 g/mol. The number of esters is 2. The number of rotatable bonds is 38. The Morgan fingerprint density at radius 2 is 1.14 bits per heavy atom. The number of carbonyl (C=O) groups excluding carboxylic acids is 2. The van der Waals surface area contributed by atoms with Crippen LogP contribution in [0.15, 0.2) is 60.8 Å². The Labute approximate surface area is 337 Å². The molecule has 13 heteroatoms. The SMILES string of the molecule is CCCCCCCCCCCCCCCCCC(=O)OCC(COP(=O)(O)OCCN)OC(=O)CCCC(O)/C=C/C=C\C=C\C(O)C/C=C\C=C\C(O)CC. The number of phosphoric acid groups is 1. The van der Waals surface area contributed by atoms with Crippen molar-refractivity contribution in [3.63, 3.8) is 0 Å². The molecule has 0 aromatic rings. The highest BCUT2D eigenvalue weighted by Gasteiger charge is 2.26. The lowest BCUT2D eigenvalue weighted by molar-refractivity contribution is -0.161. The van der Waals surface area contributed by atoms with Gasteiger partial charge in [0.05, 0.1) is 31.5 Å². The van der Waals surface area contributed by atoms with Gasteiger partial charge in [0.15, 0.2) is 6.10 Å². The first-order chi connectivity index (χ1) is 27.0. The first kappa shape index (κ1) is 53.6. The third kappa shape index (κ3) is 37.2. The van der Waals surface area contributed by atoms with Crippen molar-refractivity contribution in [2.45, 2.75) is 173 Å².